The lowest BCUT2D eigenvalue weighted by Gasteiger charge is -2.28. The Hall–Kier alpha value is -2.69. The zero-order valence-corrected chi connectivity index (χ0v) is 18.8. The predicted molar refractivity (Wildman–Crippen MR) is 117 cm³/mol. The van der Waals surface area contributed by atoms with E-state index in [1.165, 1.54) is 52.8 Å². The Kier molecular flexibility index (Phi) is 5.54. The van der Waals surface area contributed by atoms with Crippen LogP contribution < -0.4 is 9.47 Å². The van der Waals surface area contributed by atoms with Crippen molar-refractivity contribution in [2.24, 2.45) is 0 Å². The molecule has 0 amide bonds. The fourth-order valence-electron chi connectivity index (χ4n) is 3.87. The third-order valence-corrected chi connectivity index (χ3v) is 8.40. The molecular weight excluding hydrogens is 475 g/mol. The highest BCUT2D eigenvalue weighted by molar-refractivity contribution is 7.99. The first kappa shape index (κ1) is 22.1. The van der Waals surface area contributed by atoms with Crippen molar-refractivity contribution in [3.8, 4) is 11.5 Å². The molecule has 5 rings (SSSR count). The molecule has 0 N–H and O–H groups in total. The average Bonchev–Trinajstić information content (AvgIpc) is 3.19. The highest BCUT2D eigenvalue weighted by atomic mass is 32.2. The number of hydrogen-bond donors (Lipinski definition) is 0. The van der Waals surface area contributed by atoms with Gasteiger partial charge in [0.05, 0.1) is 0 Å². The molecule has 10 heteroatoms. The molecular formula is C23H18F3NO4S2. The van der Waals surface area contributed by atoms with E-state index in [1.807, 2.05) is 0 Å². The molecule has 2 heterocycles. The van der Waals surface area contributed by atoms with Crippen LogP contribution >= 0.6 is 11.8 Å². The van der Waals surface area contributed by atoms with E-state index in [9.17, 15) is 17.2 Å². The van der Waals surface area contributed by atoms with Crippen molar-refractivity contribution < 1.29 is 31.1 Å². The van der Waals surface area contributed by atoms with Crippen molar-refractivity contribution in [3.05, 3.63) is 89.2 Å². The Labute approximate surface area is 193 Å². The van der Waals surface area contributed by atoms with Gasteiger partial charge in [-0.2, -0.15) is 16.1 Å². The molecule has 0 radical (unpaired) electrons. The van der Waals surface area contributed by atoms with E-state index in [1.54, 1.807) is 11.8 Å². The first-order valence-electron chi connectivity index (χ1n) is 10.1. The zero-order chi connectivity index (χ0) is 23.2. The highest BCUT2D eigenvalue weighted by Crippen LogP contribution is 2.49. The van der Waals surface area contributed by atoms with Crippen molar-refractivity contribution in [2.75, 3.05) is 24.6 Å². The molecule has 0 atom stereocenters. The highest BCUT2D eigenvalue weighted by Gasteiger charge is 2.46. The van der Waals surface area contributed by atoms with E-state index in [4.69, 9.17) is 9.47 Å². The van der Waals surface area contributed by atoms with Crippen LogP contribution in [-0.2, 0) is 15.8 Å². The summed E-state index contributed by atoms with van der Waals surface area (Å²) < 4.78 is 81.7. The molecule has 3 aromatic rings. The number of rotatable bonds is 4. The van der Waals surface area contributed by atoms with Crippen molar-refractivity contribution >= 4 is 21.8 Å². The summed E-state index contributed by atoms with van der Waals surface area (Å²) in [6.45, 7) is 0.575. The van der Waals surface area contributed by atoms with Gasteiger partial charge in [-0.05, 0) is 48.5 Å². The van der Waals surface area contributed by atoms with E-state index >= 15 is 4.39 Å². The molecule has 2 aliphatic heterocycles. The standard InChI is InChI=1S/C23H18F3NO4S2/c24-17-5-1-15(2-6-17)23(16-3-7-18(25)8-4-16)30-20-13-19(26)22(14-21(20)31-23)33(28,29)27-9-11-32-12-10-27/h1-8,13-14H,9-12H2. The first-order valence-corrected chi connectivity index (χ1v) is 12.7. The Morgan fingerprint density at radius 1 is 0.788 bits per heavy atom. The van der Waals surface area contributed by atoms with Crippen molar-refractivity contribution in [2.45, 2.75) is 10.7 Å². The smallest absolute Gasteiger partial charge is 0.305 e. The number of benzene rings is 3. The molecule has 33 heavy (non-hydrogen) atoms. The lowest BCUT2D eigenvalue weighted by molar-refractivity contribution is -0.0460. The van der Waals surface area contributed by atoms with Gasteiger partial charge in [0.25, 0.3) is 0 Å². The minimum Gasteiger partial charge on any atom is -0.440 e. The summed E-state index contributed by atoms with van der Waals surface area (Å²) in [5.74, 6) is -2.37. The number of halogens is 3. The molecule has 0 aromatic heterocycles. The maximum Gasteiger partial charge on any atom is 0.305 e. The molecule has 172 valence electrons. The van der Waals surface area contributed by atoms with E-state index in [2.05, 4.69) is 0 Å². The number of hydrogen-bond acceptors (Lipinski definition) is 5. The second-order valence-corrected chi connectivity index (χ2v) is 10.7. The maximum atomic E-state index is 15.0. The molecule has 0 saturated carbocycles. The number of fused-ring (bicyclic) bond motifs is 1. The van der Waals surface area contributed by atoms with Gasteiger partial charge in [0.2, 0.25) is 10.0 Å². The van der Waals surface area contributed by atoms with E-state index in [0.29, 0.717) is 22.6 Å². The Bertz CT molecular complexity index is 1250. The molecule has 1 fully saturated rings. The van der Waals surface area contributed by atoms with Crippen LogP contribution in [0.3, 0.4) is 0 Å². The minimum absolute atomic E-state index is 0.00927. The summed E-state index contributed by atoms with van der Waals surface area (Å²) in [6.07, 6.45) is 0. The van der Waals surface area contributed by atoms with Crippen molar-refractivity contribution in [1.29, 1.82) is 0 Å². The monoisotopic (exact) mass is 493 g/mol. The molecule has 0 bridgehead atoms. The Morgan fingerprint density at radius 2 is 1.27 bits per heavy atom. The second kappa shape index (κ2) is 8.27. The van der Waals surface area contributed by atoms with Gasteiger partial charge in [0.1, 0.15) is 22.3 Å². The molecule has 0 aliphatic carbocycles. The fourth-order valence-corrected chi connectivity index (χ4v) is 6.51. The first-order chi connectivity index (χ1) is 15.8. The van der Waals surface area contributed by atoms with Gasteiger partial charge in [-0.1, -0.05) is 0 Å². The minimum atomic E-state index is -4.08. The summed E-state index contributed by atoms with van der Waals surface area (Å²) in [5, 5.41) is 0. The van der Waals surface area contributed by atoms with E-state index < -0.39 is 38.2 Å². The summed E-state index contributed by atoms with van der Waals surface area (Å²) in [5.41, 5.74) is 0.731. The quantitative estimate of drug-likeness (QED) is 0.535. The van der Waals surface area contributed by atoms with Crippen LogP contribution in [0.1, 0.15) is 11.1 Å². The molecule has 5 nitrogen and oxygen atoms in total. The van der Waals surface area contributed by atoms with Gasteiger partial charge in [-0.25, -0.2) is 21.6 Å². The van der Waals surface area contributed by atoms with Crippen LogP contribution in [0.15, 0.2) is 65.6 Å². The van der Waals surface area contributed by atoms with Gasteiger partial charge in [0.15, 0.2) is 11.5 Å². The van der Waals surface area contributed by atoms with Crippen LogP contribution in [0.5, 0.6) is 11.5 Å². The van der Waals surface area contributed by atoms with Crippen LogP contribution in [-0.4, -0.2) is 37.3 Å². The molecule has 3 aromatic carbocycles. The van der Waals surface area contributed by atoms with Gasteiger partial charge in [-0.3, -0.25) is 0 Å². The fraction of sp³-hybridized carbons (Fsp3) is 0.217. The van der Waals surface area contributed by atoms with E-state index in [-0.39, 0.29) is 24.6 Å². The number of thioether (sulfide) groups is 1. The van der Waals surface area contributed by atoms with Crippen LogP contribution in [0, 0.1) is 17.5 Å². The summed E-state index contributed by atoms with van der Waals surface area (Å²) in [6, 6.07) is 12.7. The SMILES string of the molecule is O=S(=O)(c1cc2c(cc1F)OC(c1ccc(F)cc1)(c1ccc(F)cc1)O2)N1CCSCC1. The van der Waals surface area contributed by atoms with Crippen LogP contribution in [0.4, 0.5) is 13.2 Å². The summed E-state index contributed by atoms with van der Waals surface area (Å²) in [4.78, 5) is -0.509. The summed E-state index contributed by atoms with van der Waals surface area (Å²) >= 11 is 1.63. The van der Waals surface area contributed by atoms with Crippen molar-refractivity contribution in [1.82, 2.24) is 4.31 Å². The third-order valence-electron chi connectivity index (χ3n) is 5.54. The van der Waals surface area contributed by atoms with Gasteiger partial charge >= 0.3 is 5.79 Å². The van der Waals surface area contributed by atoms with Crippen LogP contribution in [0.2, 0.25) is 0 Å². The Morgan fingerprint density at radius 3 is 1.79 bits per heavy atom. The lowest BCUT2D eigenvalue weighted by atomic mass is 9.97. The second-order valence-electron chi connectivity index (χ2n) is 7.58. The normalized spacial score (nSPS) is 17.8. The third kappa shape index (κ3) is 3.85. The van der Waals surface area contributed by atoms with E-state index in [0.717, 1.165) is 12.1 Å². The zero-order valence-electron chi connectivity index (χ0n) is 17.1. The Balaban J connectivity index is 1.60. The maximum absolute atomic E-state index is 15.0. The number of sulfonamides is 1. The van der Waals surface area contributed by atoms with Gasteiger partial charge < -0.3 is 9.47 Å². The topological polar surface area (TPSA) is 55.8 Å². The molecule has 0 spiro atoms. The average molecular weight is 494 g/mol. The molecule has 2 aliphatic rings. The van der Waals surface area contributed by atoms with Gasteiger partial charge in [0, 0.05) is 47.9 Å². The molecule has 1 saturated heterocycles. The lowest BCUT2D eigenvalue weighted by Crippen LogP contribution is -2.38. The van der Waals surface area contributed by atoms with Crippen molar-refractivity contribution in [3.63, 3.8) is 0 Å². The summed E-state index contributed by atoms with van der Waals surface area (Å²) in [7, 11) is -4.08. The number of nitrogens with zero attached hydrogens (tertiary/aromatic N) is 1. The predicted octanol–water partition coefficient (Wildman–Crippen LogP) is 4.51. The van der Waals surface area contributed by atoms with Crippen LogP contribution in [0.25, 0.3) is 0 Å². The van der Waals surface area contributed by atoms with Gasteiger partial charge in [-0.15, -0.1) is 0 Å². The molecule has 0 unspecified atom stereocenters. The number of ether oxygens (including phenoxy) is 2. The largest absolute Gasteiger partial charge is 0.440 e.